The Labute approximate surface area is 257 Å². The van der Waals surface area contributed by atoms with Crippen molar-refractivity contribution in [1.82, 2.24) is 0 Å². The van der Waals surface area contributed by atoms with Crippen LogP contribution in [0.15, 0.2) is 72.8 Å². The van der Waals surface area contributed by atoms with Crippen LogP contribution in [0.25, 0.3) is 0 Å². The van der Waals surface area contributed by atoms with Crippen LogP contribution in [0.2, 0.25) is 0 Å². The lowest BCUT2D eigenvalue weighted by atomic mass is 10.0. The molecule has 3 aromatic carbocycles. The van der Waals surface area contributed by atoms with E-state index in [1.807, 2.05) is 6.07 Å². The second-order valence-electron chi connectivity index (χ2n) is 10.9. The Balaban J connectivity index is 1.26. The minimum atomic E-state index is -0.549. The number of nitrogens with zero attached hydrogens (tertiary/aromatic N) is 1. The van der Waals surface area contributed by atoms with E-state index >= 15 is 0 Å². The van der Waals surface area contributed by atoms with Gasteiger partial charge in [0.1, 0.15) is 17.2 Å². The van der Waals surface area contributed by atoms with Crippen LogP contribution in [0.3, 0.4) is 0 Å². The number of hydrogen-bond acceptors (Lipinski definition) is 6. The third-order valence-corrected chi connectivity index (χ3v) is 7.35. The first kappa shape index (κ1) is 33.4. The first-order chi connectivity index (χ1) is 21.1. The van der Waals surface area contributed by atoms with Crippen molar-refractivity contribution in [3.8, 4) is 23.3 Å². The van der Waals surface area contributed by atoms with Crippen molar-refractivity contribution in [2.75, 3.05) is 6.61 Å². The molecule has 0 spiro atoms. The van der Waals surface area contributed by atoms with Gasteiger partial charge in [-0.25, -0.2) is 9.59 Å². The molecule has 0 aliphatic carbocycles. The number of benzene rings is 3. The zero-order valence-corrected chi connectivity index (χ0v) is 25.5. The Morgan fingerprint density at radius 1 is 0.535 bits per heavy atom. The predicted octanol–water partition coefficient (Wildman–Crippen LogP) is 9.86. The number of nitriles is 1. The summed E-state index contributed by atoms with van der Waals surface area (Å²) in [5.41, 5.74) is 1.20. The van der Waals surface area contributed by atoms with Crippen molar-refractivity contribution in [2.24, 2.45) is 0 Å². The van der Waals surface area contributed by atoms with Gasteiger partial charge in [0.05, 0.1) is 29.4 Å². The van der Waals surface area contributed by atoms with E-state index in [1.165, 1.54) is 95.6 Å². The number of unbranched alkanes of at least 4 members (excludes halogenated alkanes) is 13. The van der Waals surface area contributed by atoms with Gasteiger partial charge in [0, 0.05) is 0 Å². The fourth-order valence-corrected chi connectivity index (χ4v) is 4.76. The molecule has 0 N–H and O–H groups in total. The second kappa shape index (κ2) is 19.9. The Morgan fingerprint density at radius 3 is 1.33 bits per heavy atom. The summed E-state index contributed by atoms with van der Waals surface area (Å²) in [6.45, 7) is 2.94. The van der Waals surface area contributed by atoms with Gasteiger partial charge in [-0.3, -0.25) is 0 Å². The second-order valence-corrected chi connectivity index (χ2v) is 10.9. The molecule has 0 aliphatic heterocycles. The molecule has 0 aliphatic rings. The molecule has 3 rings (SSSR count). The Morgan fingerprint density at radius 2 is 0.907 bits per heavy atom. The summed E-state index contributed by atoms with van der Waals surface area (Å²) in [5.74, 6) is 0.347. The summed E-state index contributed by atoms with van der Waals surface area (Å²) in [6.07, 6.45) is 18.6. The SMILES string of the molecule is CCCCCCCCCCCCCCCCOc1ccc(C(=O)Oc2ccc(C(=O)Oc3ccc(C#N)cc3)cc2)cc1. The van der Waals surface area contributed by atoms with Crippen molar-refractivity contribution in [3.63, 3.8) is 0 Å². The molecule has 0 fully saturated rings. The summed E-state index contributed by atoms with van der Waals surface area (Å²) in [7, 11) is 0. The normalized spacial score (nSPS) is 10.6. The van der Waals surface area contributed by atoms with Gasteiger partial charge >= 0.3 is 11.9 Å². The number of carbonyl (C=O) groups excluding carboxylic acids is 2. The highest BCUT2D eigenvalue weighted by Crippen LogP contribution is 2.19. The summed E-state index contributed by atoms with van der Waals surface area (Å²) in [5, 5.41) is 8.87. The molecule has 0 unspecified atom stereocenters. The van der Waals surface area contributed by atoms with E-state index in [9.17, 15) is 9.59 Å². The number of hydrogen-bond donors (Lipinski definition) is 0. The van der Waals surface area contributed by atoms with Gasteiger partial charge in [-0.1, -0.05) is 90.4 Å². The maximum atomic E-state index is 12.6. The molecule has 43 heavy (non-hydrogen) atoms. The molecule has 0 bridgehead atoms. The first-order valence-electron chi connectivity index (χ1n) is 15.9. The van der Waals surface area contributed by atoms with Gasteiger partial charge in [-0.05, 0) is 79.2 Å². The molecule has 0 amide bonds. The van der Waals surface area contributed by atoms with Crippen LogP contribution >= 0.6 is 0 Å². The van der Waals surface area contributed by atoms with Gasteiger partial charge in [0.2, 0.25) is 0 Å². The Hall–Kier alpha value is -4.11. The minimum Gasteiger partial charge on any atom is -0.494 e. The molecule has 0 atom stereocenters. The maximum Gasteiger partial charge on any atom is 0.343 e. The van der Waals surface area contributed by atoms with Gasteiger partial charge < -0.3 is 14.2 Å². The van der Waals surface area contributed by atoms with E-state index in [0.29, 0.717) is 34.8 Å². The molecule has 228 valence electrons. The lowest BCUT2D eigenvalue weighted by Gasteiger charge is -2.08. The van der Waals surface area contributed by atoms with Crippen LogP contribution in [-0.4, -0.2) is 18.5 Å². The van der Waals surface area contributed by atoms with E-state index in [4.69, 9.17) is 19.5 Å². The summed E-state index contributed by atoms with van der Waals surface area (Å²) < 4.78 is 16.6. The number of rotatable bonds is 20. The van der Waals surface area contributed by atoms with E-state index in [1.54, 1.807) is 60.7 Å². The Bertz CT molecular complexity index is 1260. The van der Waals surface area contributed by atoms with Gasteiger partial charge in [-0.2, -0.15) is 5.26 Å². The Kier molecular flexibility index (Phi) is 15.5. The van der Waals surface area contributed by atoms with E-state index in [-0.39, 0.29) is 0 Å². The van der Waals surface area contributed by atoms with Gasteiger partial charge in [0.25, 0.3) is 0 Å². The lowest BCUT2D eigenvalue weighted by molar-refractivity contribution is 0.0730. The fourth-order valence-electron chi connectivity index (χ4n) is 4.76. The molecule has 0 heterocycles. The van der Waals surface area contributed by atoms with Crippen LogP contribution in [-0.2, 0) is 0 Å². The monoisotopic (exact) mass is 583 g/mol. The van der Waals surface area contributed by atoms with Crippen LogP contribution in [0.4, 0.5) is 0 Å². The van der Waals surface area contributed by atoms with Crippen molar-refractivity contribution in [3.05, 3.63) is 89.5 Å². The van der Waals surface area contributed by atoms with Crippen LogP contribution in [0, 0.1) is 11.3 Å². The molecule has 6 heteroatoms. The van der Waals surface area contributed by atoms with E-state index in [0.717, 1.165) is 12.2 Å². The maximum absolute atomic E-state index is 12.6. The molecule has 0 aromatic heterocycles. The topological polar surface area (TPSA) is 85.6 Å². The van der Waals surface area contributed by atoms with Crippen molar-refractivity contribution < 1.29 is 23.8 Å². The number of esters is 2. The molecule has 0 radical (unpaired) electrons. The highest BCUT2D eigenvalue weighted by Gasteiger charge is 2.12. The number of ether oxygens (including phenoxy) is 3. The average molecular weight is 584 g/mol. The average Bonchev–Trinajstić information content (AvgIpc) is 3.04. The minimum absolute atomic E-state index is 0.310. The van der Waals surface area contributed by atoms with E-state index in [2.05, 4.69) is 6.92 Å². The van der Waals surface area contributed by atoms with Gasteiger partial charge in [-0.15, -0.1) is 0 Å². The molecular formula is C37H45NO5. The van der Waals surface area contributed by atoms with Crippen LogP contribution in [0.1, 0.15) is 123 Å². The van der Waals surface area contributed by atoms with E-state index < -0.39 is 11.9 Å². The predicted molar refractivity (Wildman–Crippen MR) is 170 cm³/mol. The van der Waals surface area contributed by atoms with Crippen LogP contribution < -0.4 is 14.2 Å². The first-order valence-corrected chi connectivity index (χ1v) is 15.9. The zero-order valence-electron chi connectivity index (χ0n) is 25.5. The third-order valence-electron chi connectivity index (χ3n) is 7.35. The standard InChI is InChI=1S/C37H45NO5/c1-2-3-4-5-6-7-8-9-10-11-12-13-14-15-28-41-33-24-18-31(19-25-33)36(39)43-35-26-20-32(21-27-35)37(40)42-34-22-16-30(29-38)17-23-34/h16-27H,2-15,28H2,1H3. The summed E-state index contributed by atoms with van der Waals surface area (Å²) in [6, 6.07) is 21.4. The van der Waals surface area contributed by atoms with Crippen molar-refractivity contribution in [2.45, 2.75) is 96.8 Å². The highest BCUT2D eigenvalue weighted by atomic mass is 16.5. The molecule has 3 aromatic rings. The highest BCUT2D eigenvalue weighted by molar-refractivity contribution is 5.92. The number of carbonyl (C=O) groups is 2. The lowest BCUT2D eigenvalue weighted by Crippen LogP contribution is -2.10. The smallest absolute Gasteiger partial charge is 0.343 e. The quantitative estimate of drug-likeness (QED) is 0.0747. The molecular weight excluding hydrogens is 538 g/mol. The fraction of sp³-hybridized carbons (Fsp3) is 0.432. The van der Waals surface area contributed by atoms with Gasteiger partial charge in [0.15, 0.2) is 0 Å². The largest absolute Gasteiger partial charge is 0.494 e. The van der Waals surface area contributed by atoms with Crippen molar-refractivity contribution >= 4 is 11.9 Å². The zero-order chi connectivity index (χ0) is 30.5. The third kappa shape index (κ3) is 13.2. The van der Waals surface area contributed by atoms with Crippen molar-refractivity contribution in [1.29, 1.82) is 5.26 Å². The summed E-state index contributed by atoms with van der Waals surface area (Å²) >= 11 is 0. The van der Waals surface area contributed by atoms with Crippen LogP contribution in [0.5, 0.6) is 17.2 Å². The summed E-state index contributed by atoms with van der Waals surface area (Å²) in [4.78, 5) is 24.9. The molecule has 0 saturated heterocycles. The molecule has 6 nitrogen and oxygen atoms in total. The molecule has 0 saturated carbocycles.